The smallest absolute Gasteiger partial charge is 0.268 e. The molecular weight excluding hydrogens is 303 g/mol. The molecule has 0 bridgehead atoms. The lowest BCUT2D eigenvalue weighted by atomic mass is 10.2. The monoisotopic (exact) mass is 312 g/mol. The molecule has 0 spiro atoms. The Kier molecular flexibility index (Phi) is 3.15. The standard InChI is InChI=1S/C11H9IN2O/c12-10-6-11(15)14(13-7-10)8-9-4-2-1-3-5-9/h1-7H,8H2. The van der Waals surface area contributed by atoms with Crippen molar-refractivity contribution >= 4 is 22.6 Å². The Morgan fingerprint density at radius 2 is 2.00 bits per heavy atom. The topological polar surface area (TPSA) is 34.9 Å². The molecule has 15 heavy (non-hydrogen) atoms. The molecule has 1 heterocycles. The fourth-order valence-corrected chi connectivity index (χ4v) is 1.68. The van der Waals surface area contributed by atoms with E-state index in [1.807, 2.05) is 30.3 Å². The first kappa shape index (κ1) is 10.4. The molecular formula is C11H9IN2O. The van der Waals surface area contributed by atoms with E-state index in [-0.39, 0.29) is 5.56 Å². The van der Waals surface area contributed by atoms with Gasteiger partial charge in [0.05, 0.1) is 12.7 Å². The Labute approximate surface area is 101 Å². The van der Waals surface area contributed by atoms with Crippen molar-refractivity contribution in [2.45, 2.75) is 6.54 Å². The van der Waals surface area contributed by atoms with Gasteiger partial charge in [0, 0.05) is 9.64 Å². The molecule has 0 amide bonds. The summed E-state index contributed by atoms with van der Waals surface area (Å²) in [7, 11) is 0. The van der Waals surface area contributed by atoms with Crippen LogP contribution in [0.3, 0.4) is 0 Å². The van der Waals surface area contributed by atoms with Crippen LogP contribution < -0.4 is 5.56 Å². The number of benzene rings is 1. The predicted octanol–water partition coefficient (Wildman–Crippen LogP) is 1.90. The second-order valence-electron chi connectivity index (χ2n) is 3.16. The van der Waals surface area contributed by atoms with E-state index < -0.39 is 0 Å². The average molecular weight is 312 g/mol. The highest BCUT2D eigenvalue weighted by Gasteiger charge is 1.98. The van der Waals surface area contributed by atoms with Gasteiger partial charge in [0.15, 0.2) is 0 Å². The summed E-state index contributed by atoms with van der Waals surface area (Å²) in [5.41, 5.74) is 1.01. The maximum atomic E-state index is 11.5. The first-order valence-corrected chi connectivity index (χ1v) is 5.60. The van der Waals surface area contributed by atoms with Crippen molar-refractivity contribution in [1.82, 2.24) is 9.78 Å². The van der Waals surface area contributed by atoms with E-state index in [4.69, 9.17) is 0 Å². The van der Waals surface area contributed by atoms with E-state index in [9.17, 15) is 4.79 Å². The molecule has 1 aromatic carbocycles. The molecule has 0 radical (unpaired) electrons. The van der Waals surface area contributed by atoms with Crippen molar-refractivity contribution < 1.29 is 0 Å². The first-order valence-electron chi connectivity index (χ1n) is 4.52. The van der Waals surface area contributed by atoms with Crippen molar-refractivity contribution in [2.24, 2.45) is 0 Å². The summed E-state index contributed by atoms with van der Waals surface area (Å²) < 4.78 is 2.32. The van der Waals surface area contributed by atoms with Gasteiger partial charge >= 0.3 is 0 Å². The molecule has 3 nitrogen and oxygen atoms in total. The molecule has 0 saturated carbocycles. The molecule has 0 aliphatic carbocycles. The summed E-state index contributed by atoms with van der Waals surface area (Å²) in [5.74, 6) is 0. The van der Waals surface area contributed by atoms with E-state index >= 15 is 0 Å². The van der Waals surface area contributed by atoms with Crippen LogP contribution >= 0.6 is 22.6 Å². The molecule has 1 aromatic heterocycles. The Bertz CT molecular complexity index is 507. The van der Waals surface area contributed by atoms with Crippen LogP contribution in [0.5, 0.6) is 0 Å². The molecule has 0 N–H and O–H groups in total. The number of nitrogens with zero attached hydrogens (tertiary/aromatic N) is 2. The van der Waals surface area contributed by atoms with Crippen LogP contribution in [0, 0.1) is 3.57 Å². The number of halogens is 1. The van der Waals surface area contributed by atoms with Crippen LogP contribution in [0.1, 0.15) is 5.56 Å². The molecule has 0 atom stereocenters. The second kappa shape index (κ2) is 4.57. The average Bonchev–Trinajstić information content (AvgIpc) is 2.24. The van der Waals surface area contributed by atoms with Crippen LogP contribution in [0.15, 0.2) is 47.4 Å². The maximum absolute atomic E-state index is 11.5. The first-order chi connectivity index (χ1) is 7.25. The lowest BCUT2D eigenvalue weighted by molar-refractivity contribution is 0.636. The third-order valence-corrected chi connectivity index (χ3v) is 2.60. The van der Waals surface area contributed by atoms with Crippen molar-refractivity contribution in [3.8, 4) is 0 Å². The van der Waals surface area contributed by atoms with E-state index in [1.165, 1.54) is 4.68 Å². The minimum absolute atomic E-state index is 0.0641. The van der Waals surface area contributed by atoms with Gasteiger partial charge in [0.25, 0.3) is 5.56 Å². The molecule has 2 aromatic rings. The molecule has 4 heteroatoms. The summed E-state index contributed by atoms with van der Waals surface area (Å²) in [4.78, 5) is 11.5. The number of hydrogen-bond acceptors (Lipinski definition) is 2. The third-order valence-electron chi connectivity index (χ3n) is 2.01. The van der Waals surface area contributed by atoms with Crippen molar-refractivity contribution in [1.29, 1.82) is 0 Å². The van der Waals surface area contributed by atoms with Gasteiger partial charge in [0.1, 0.15) is 0 Å². The molecule has 0 unspecified atom stereocenters. The van der Waals surface area contributed by atoms with Crippen LogP contribution in [0.25, 0.3) is 0 Å². The van der Waals surface area contributed by atoms with Crippen LogP contribution in [-0.4, -0.2) is 9.78 Å². The molecule has 76 valence electrons. The van der Waals surface area contributed by atoms with Crippen molar-refractivity contribution in [3.63, 3.8) is 0 Å². The molecule has 0 aliphatic rings. The largest absolute Gasteiger partial charge is 0.268 e. The van der Waals surface area contributed by atoms with E-state index in [2.05, 4.69) is 27.7 Å². The lowest BCUT2D eigenvalue weighted by Crippen LogP contribution is -2.22. The highest BCUT2D eigenvalue weighted by Crippen LogP contribution is 2.00. The number of rotatable bonds is 2. The summed E-state index contributed by atoms with van der Waals surface area (Å²) in [5, 5.41) is 4.07. The Balaban J connectivity index is 2.29. The minimum atomic E-state index is -0.0641. The van der Waals surface area contributed by atoms with Crippen LogP contribution in [0.4, 0.5) is 0 Å². The fraction of sp³-hybridized carbons (Fsp3) is 0.0909. The fourth-order valence-electron chi connectivity index (χ4n) is 1.29. The molecule has 0 aliphatic heterocycles. The molecule has 0 saturated heterocycles. The molecule has 2 rings (SSSR count). The van der Waals surface area contributed by atoms with Gasteiger partial charge in [0.2, 0.25) is 0 Å². The van der Waals surface area contributed by atoms with Gasteiger partial charge in [-0.25, -0.2) is 4.68 Å². The van der Waals surface area contributed by atoms with Crippen LogP contribution in [0.2, 0.25) is 0 Å². The van der Waals surface area contributed by atoms with E-state index in [0.717, 1.165) is 9.13 Å². The zero-order chi connectivity index (χ0) is 10.7. The van der Waals surface area contributed by atoms with Crippen LogP contribution in [-0.2, 0) is 6.54 Å². The normalized spacial score (nSPS) is 10.2. The second-order valence-corrected chi connectivity index (χ2v) is 4.40. The highest BCUT2D eigenvalue weighted by molar-refractivity contribution is 14.1. The molecule has 0 fully saturated rings. The van der Waals surface area contributed by atoms with Crippen molar-refractivity contribution in [2.75, 3.05) is 0 Å². The van der Waals surface area contributed by atoms with E-state index in [0.29, 0.717) is 6.54 Å². The summed E-state index contributed by atoms with van der Waals surface area (Å²) in [6.45, 7) is 0.524. The zero-order valence-corrected chi connectivity index (χ0v) is 10.1. The van der Waals surface area contributed by atoms with Gasteiger partial charge in [-0.1, -0.05) is 30.3 Å². The van der Waals surface area contributed by atoms with Gasteiger partial charge in [-0.05, 0) is 28.2 Å². The summed E-state index contributed by atoms with van der Waals surface area (Å²) in [6.07, 6.45) is 1.69. The number of hydrogen-bond donors (Lipinski definition) is 0. The Hall–Kier alpha value is -1.17. The highest BCUT2D eigenvalue weighted by atomic mass is 127. The predicted molar refractivity (Wildman–Crippen MR) is 66.8 cm³/mol. The quantitative estimate of drug-likeness (QED) is 0.794. The maximum Gasteiger partial charge on any atom is 0.268 e. The van der Waals surface area contributed by atoms with Gasteiger partial charge in [-0.3, -0.25) is 4.79 Å². The minimum Gasteiger partial charge on any atom is -0.268 e. The Morgan fingerprint density at radius 3 is 2.67 bits per heavy atom. The van der Waals surface area contributed by atoms with E-state index in [1.54, 1.807) is 12.3 Å². The SMILES string of the molecule is O=c1cc(I)cnn1Cc1ccccc1. The zero-order valence-electron chi connectivity index (χ0n) is 7.93. The third kappa shape index (κ3) is 2.65. The summed E-state index contributed by atoms with van der Waals surface area (Å²) >= 11 is 2.08. The van der Waals surface area contributed by atoms with Gasteiger partial charge < -0.3 is 0 Å². The summed E-state index contributed by atoms with van der Waals surface area (Å²) in [6, 6.07) is 11.4. The van der Waals surface area contributed by atoms with Crippen molar-refractivity contribution in [3.05, 3.63) is 62.1 Å². The number of aromatic nitrogens is 2. The van der Waals surface area contributed by atoms with Gasteiger partial charge in [-0.2, -0.15) is 5.10 Å². The Morgan fingerprint density at radius 1 is 1.27 bits per heavy atom. The van der Waals surface area contributed by atoms with Gasteiger partial charge in [-0.15, -0.1) is 0 Å². The lowest BCUT2D eigenvalue weighted by Gasteiger charge is -2.03.